The molecule has 55 heteroatoms. The molecule has 0 spiro atoms. The first-order valence-electron chi connectivity index (χ1n) is 48.3. The number of aromatic amines is 1. The highest BCUT2D eigenvalue weighted by Crippen LogP contribution is 2.23. The van der Waals surface area contributed by atoms with Crippen LogP contribution in [0.5, 0.6) is 0 Å². The normalized spacial score (nSPS) is 24.8. The van der Waals surface area contributed by atoms with Crippen LogP contribution in [-0.4, -0.2) is 323 Å². The molecule has 0 radical (unpaired) electrons. The molecule has 32 N–H and O–H groups in total. The largest absolute Gasteiger partial charge is 0.481 e. The number of carboxylic acid groups (broad SMARTS) is 2. The van der Waals surface area contributed by atoms with Crippen LogP contribution in [0.1, 0.15) is 198 Å². The number of amides is 20. The summed E-state index contributed by atoms with van der Waals surface area (Å²) in [7, 11) is 0. The summed E-state index contributed by atoms with van der Waals surface area (Å²) in [6.45, 7) is 17.7. The molecule has 55 nitrogen and oxygen atoms in total. The lowest BCUT2D eigenvalue weighted by molar-refractivity contribution is -0.142. The van der Waals surface area contributed by atoms with Crippen LogP contribution in [-0.2, 0) is 125 Å². The third-order valence-electron chi connectivity index (χ3n) is 23.8. The predicted octanol–water partition coefficient (Wildman–Crippen LogP) is -8.30. The van der Waals surface area contributed by atoms with Gasteiger partial charge in [-0.25, -0.2) is 4.68 Å². The number of nitrogens with one attached hydrogen (secondary N) is 23. The third kappa shape index (κ3) is 40.5. The number of carbonyl (C=O) groups is 22. The van der Waals surface area contributed by atoms with Crippen molar-refractivity contribution in [2.24, 2.45) is 35.0 Å². The molecule has 3 aromatic rings. The highest BCUT2D eigenvalue weighted by atomic mass is 16.4. The lowest BCUT2D eigenvalue weighted by Gasteiger charge is -2.30. The number of unbranched alkanes of at least 4 members (excludes halogenated alkanes) is 1. The Morgan fingerprint density at radius 1 is 0.521 bits per heavy atom. The van der Waals surface area contributed by atoms with E-state index in [0.29, 0.717) is 16.5 Å². The Labute approximate surface area is 842 Å². The van der Waals surface area contributed by atoms with E-state index in [2.05, 4.69) is 122 Å². The van der Waals surface area contributed by atoms with E-state index in [9.17, 15) is 111 Å². The number of aromatic nitrogens is 4. The first-order chi connectivity index (χ1) is 68.6. The number of hydrogen-bond donors (Lipinski definition) is 29. The maximum atomic E-state index is 15.1. The number of rotatable bonds is 30. The maximum absolute atomic E-state index is 15.1. The van der Waals surface area contributed by atoms with Crippen LogP contribution in [0.15, 0.2) is 36.7 Å². The number of nitrogens with zero attached hydrogens (tertiary/aromatic N) is 4. The fourth-order valence-electron chi connectivity index (χ4n) is 15.5. The minimum absolute atomic E-state index is 0.0327. The second-order valence-electron chi connectivity index (χ2n) is 37.2. The van der Waals surface area contributed by atoms with Crippen molar-refractivity contribution in [3.05, 3.63) is 47.9 Å². The summed E-state index contributed by atoms with van der Waals surface area (Å²) in [5.41, 5.74) is 17.6. The highest BCUT2D eigenvalue weighted by molar-refractivity contribution is 6.03. The molecule has 1 fully saturated rings. The van der Waals surface area contributed by atoms with Gasteiger partial charge in [-0.2, -0.15) is 0 Å². The van der Waals surface area contributed by atoms with Crippen LogP contribution < -0.4 is 124 Å². The zero-order valence-corrected chi connectivity index (χ0v) is 84.4. The molecule has 808 valence electrons. The van der Waals surface area contributed by atoms with E-state index in [1.54, 1.807) is 65.1 Å². The van der Waals surface area contributed by atoms with Gasteiger partial charge in [-0.3, -0.25) is 116 Å². The number of aliphatic hydroxyl groups excluding tert-OH is 1. The monoisotopic (exact) mass is 2060 g/mol. The summed E-state index contributed by atoms with van der Waals surface area (Å²) < 4.78 is 0.969. The molecule has 0 saturated carbocycles. The first-order valence-corrected chi connectivity index (χ1v) is 48.3. The first kappa shape index (κ1) is 121. The molecule has 2 aromatic heterocycles. The van der Waals surface area contributed by atoms with Crippen LogP contribution in [0.2, 0.25) is 0 Å². The number of H-pyrrole nitrogens is 1. The van der Waals surface area contributed by atoms with Crippen molar-refractivity contribution in [1.82, 2.24) is 131 Å². The zero-order valence-electron chi connectivity index (χ0n) is 84.4. The SMILES string of the molecule is CCC(C)[C@@H]1NC(=O)[C@H](C)NC(=O)C(NC(=O)[C@H](C)NC(C)=O)Cc2cn(nn2)C[C@H](C(=O)N[C@H](C)C(=O)O)NC(=O)[C@H](C)NC(=O)[C@H](CCCCNC(=N)N)NC(=O)[C@H](C)NC(=O)[C@H](C)NC(=O)[C@H](CC(C)C)NC(=O)C(Cc2c[nH]c3ccccc23)NC(=O)[C@H](CCC(N)=O)NC(=O)[C@H](CCCNC(=N)N)NC(=O)[C@H](CC(C)C)NC(=O)C([C@@H](C)O)NC(=O)[C@@H]2CCCN2C(=O)CNC(=O)[C@H](CCC(=O)O)NC1=O. The average Bonchev–Trinajstić information content (AvgIpc) is 1.67. The van der Waals surface area contributed by atoms with Crippen LogP contribution in [0.4, 0.5) is 0 Å². The molecule has 2 aliphatic heterocycles. The van der Waals surface area contributed by atoms with Crippen molar-refractivity contribution >= 4 is 153 Å². The summed E-state index contributed by atoms with van der Waals surface area (Å²) >= 11 is 0. The highest BCUT2D eigenvalue weighted by Gasteiger charge is 2.43. The van der Waals surface area contributed by atoms with Gasteiger partial charge in [0.1, 0.15) is 109 Å². The van der Waals surface area contributed by atoms with Crippen molar-refractivity contribution < 1.29 is 121 Å². The van der Waals surface area contributed by atoms with Crippen LogP contribution in [0.25, 0.3) is 10.9 Å². The van der Waals surface area contributed by atoms with Crippen molar-refractivity contribution in [1.29, 1.82) is 10.8 Å². The average molecular weight is 2060 g/mol. The van der Waals surface area contributed by atoms with E-state index in [1.165, 1.54) is 41.5 Å². The van der Waals surface area contributed by atoms with Gasteiger partial charge in [-0.1, -0.05) is 71.4 Å². The van der Waals surface area contributed by atoms with Crippen molar-refractivity contribution in [2.45, 2.75) is 321 Å². The Morgan fingerprint density at radius 3 is 1.55 bits per heavy atom. The van der Waals surface area contributed by atoms with Gasteiger partial charge in [-0.15, -0.1) is 5.10 Å². The van der Waals surface area contributed by atoms with Gasteiger partial charge < -0.3 is 149 Å². The van der Waals surface area contributed by atoms with Gasteiger partial charge in [0, 0.05) is 75.5 Å². The fourth-order valence-corrected chi connectivity index (χ4v) is 15.5. The number of nitrogens with two attached hydrogens (primary N) is 3. The number of carbonyl (C=O) groups excluding carboxylic acids is 20. The van der Waals surface area contributed by atoms with Gasteiger partial charge in [0.2, 0.25) is 118 Å². The standard InChI is InChI=1S/C91H144N30O25/c1-15-44(6)70-87(143)110-59(28-30-69(126)127)77(133)100-39-68(125)121-33-21-26-66(121)86(142)117-71(51(13)122)88(144)114-62(35-43(4)5)83(139)108-58(25-20-32-98-91(95)96)79(135)109-60(27-29-67(92)124)80(136)113-63(36-53-38-99-56-23-17-16-22-55(53)56)84(140)112-61(34-42(2)3)81(137)104-46(8)72(128)102-47(9)74(130)107-57(24-18-19-31-97-90(93)94)78(134)103-48(10)75(131)115-65(85(141)106-50(12)89(145)146)41-120-40-54(118-119-120)37-64(82(138)105-49(11)76(132)116-70)111-73(129)45(7)101-52(14)123/h16-17,22-23,38,40,42-51,57-66,70-71,99,122H,15,18-21,24-37,39,41H2,1-14H3,(H2,92,124)(H,100,133)(H,101,123)(H,102,128)(H,103,134)(H,104,137)(H,105,138)(H,106,141)(H,107,130)(H,108,139)(H,109,135)(H,110,143)(H,111,129)(H,112,140)(H,113,136)(H,114,144)(H,115,131)(H,116,132)(H,117,142)(H,126,127)(H,145,146)(H4,93,94,97)(H4,95,96,98)/t44?,45-,46-,47-,48-,49-,50+,51+,57-,58-,59-,60-,61-,62-,63?,64?,65+,66-,70-,71?/m0/s1. The molecule has 1 saturated heterocycles. The number of guanidine groups is 2. The number of carboxylic acids is 2. The number of fused-ring (bicyclic) bond motifs is 4. The van der Waals surface area contributed by atoms with Crippen molar-refractivity contribution in [3.8, 4) is 0 Å². The number of aliphatic hydroxyl groups is 1. The summed E-state index contributed by atoms with van der Waals surface area (Å²) in [6, 6.07) is -22.0. The number of hydrogen-bond acceptors (Lipinski definition) is 27. The number of benzene rings is 1. The molecule has 5 rings (SSSR count). The number of para-hydroxylation sites is 1. The molecule has 1 aromatic carbocycles. The molecule has 146 heavy (non-hydrogen) atoms. The minimum atomic E-state index is -1.88. The summed E-state index contributed by atoms with van der Waals surface area (Å²) in [6.07, 6.45) is -2.56. The molecule has 20 atom stereocenters. The van der Waals surface area contributed by atoms with Crippen LogP contribution in [0, 0.1) is 28.6 Å². The van der Waals surface area contributed by atoms with Gasteiger partial charge in [0.05, 0.1) is 24.9 Å². The maximum Gasteiger partial charge on any atom is 0.325 e. The smallest absolute Gasteiger partial charge is 0.325 e. The van der Waals surface area contributed by atoms with E-state index in [1.807, 2.05) is 0 Å². The molecule has 20 amide bonds. The number of primary amides is 1. The molecular weight excluding hydrogens is 1910 g/mol. The van der Waals surface area contributed by atoms with Crippen molar-refractivity contribution in [3.63, 3.8) is 0 Å². The summed E-state index contributed by atoms with van der Waals surface area (Å²) in [4.78, 5) is 313. The second-order valence-corrected chi connectivity index (χ2v) is 37.2. The van der Waals surface area contributed by atoms with Gasteiger partial charge in [-0.05, 0) is 148 Å². The van der Waals surface area contributed by atoms with Crippen molar-refractivity contribution in [2.75, 3.05) is 26.2 Å². The Hall–Kier alpha value is -15.3. The lowest BCUT2D eigenvalue weighted by atomic mass is 9.97. The Morgan fingerprint density at radius 2 is 0.986 bits per heavy atom. The fraction of sp³-hybridized carbons (Fsp3) is 0.626. The third-order valence-corrected chi connectivity index (χ3v) is 23.8. The molecule has 4 heterocycles. The van der Waals surface area contributed by atoms with E-state index >= 15 is 9.59 Å². The Kier molecular flexibility index (Phi) is 49.1. The van der Waals surface area contributed by atoms with E-state index in [4.69, 9.17) is 28.0 Å². The summed E-state index contributed by atoms with van der Waals surface area (Å²) in [5.74, 6) is -25.7. The zero-order chi connectivity index (χ0) is 109. The molecular formula is C91H144N30O25. The van der Waals surface area contributed by atoms with Gasteiger partial charge in [0.15, 0.2) is 11.9 Å². The van der Waals surface area contributed by atoms with Crippen LogP contribution in [0.3, 0.4) is 0 Å². The van der Waals surface area contributed by atoms with Gasteiger partial charge in [0.25, 0.3) is 0 Å². The molecule has 0 aliphatic carbocycles. The Balaban J connectivity index is 1.62. The second kappa shape index (κ2) is 59.1. The predicted molar refractivity (Wildman–Crippen MR) is 522 cm³/mol. The minimum Gasteiger partial charge on any atom is -0.481 e. The lowest BCUT2D eigenvalue weighted by Crippen LogP contribution is -2.61. The number of aliphatic carboxylic acids is 2. The quantitative estimate of drug-likeness (QED) is 0.0167. The van der Waals surface area contributed by atoms with Gasteiger partial charge >= 0.3 is 11.9 Å². The Bertz CT molecular complexity index is 5160. The molecule has 2 bridgehead atoms. The van der Waals surface area contributed by atoms with E-state index in [-0.39, 0.29) is 108 Å². The summed E-state index contributed by atoms with van der Waals surface area (Å²) in [5, 5.41) is 105. The van der Waals surface area contributed by atoms with E-state index < -0.39 is 308 Å². The van der Waals surface area contributed by atoms with Crippen LogP contribution >= 0.6 is 0 Å². The molecule has 4 unspecified atom stereocenters. The topological polar surface area (TPSA) is 852 Å². The molecule has 2 aliphatic rings. The van der Waals surface area contributed by atoms with E-state index in [0.717, 1.165) is 36.5 Å².